The summed E-state index contributed by atoms with van der Waals surface area (Å²) in [7, 11) is 0. The first kappa shape index (κ1) is 32.2. The fraction of sp³-hybridized carbons (Fsp3) is 0.583. The maximum Gasteiger partial charge on any atom is 0.322 e. The number of fused-ring (bicyclic) bond motifs is 4. The van der Waals surface area contributed by atoms with E-state index in [0.717, 1.165) is 47.9 Å². The van der Waals surface area contributed by atoms with E-state index in [4.69, 9.17) is 17.3 Å². The standard InChI is InChI=1S/C36H48ClN7O3/c1-24-18-25(20-30(37)34(24)38)19-28(35(46)43-16-14-41(15-17-43)32-23-40-10-6-26(32)7-11-40)21-33(45)42-12-8-29(9-13-42)44-22-27-4-2-3-5-31(27)39-36(44)47/h2-5,18,20,26,28-29,32H,6-17,19,21-23,38H2,1H3,(H,39,47)/t28-,32?/m0/s1. The smallest absolute Gasteiger partial charge is 0.322 e. The molecule has 6 heterocycles. The highest BCUT2D eigenvalue weighted by Gasteiger charge is 2.40. The molecule has 2 aromatic carbocycles. The molecule has 5 saturated heterocycles. The number of piperazine rings is 1. The van der Waals surface area contributed by atoms with Crippen LogP contribution < -0.4 is 11.1 Å². The van der Waals surface area contributed by atoms with Gasteiger partial charge in [-0.2, -0.15) is 0 Å². The van der Waals surface area contributed by atoms with E-state index in [0.29, 0.717) is 68.7 Å². The van der Waals surface area contributed by atoms with Gasteiger partial charge in [0.25, 0.3) is 0 Å². The summed E-state index contributed by atoms with van der Waals surface area (Å²) in [5, 5.41) is 3.50. The first-order valence-corrected chi connectivity index (χ1v) is 17.8. The highest BCUT2D eigenvalue weighted by molar-refractivity contribution is 6.33. The fourth-order valence-electron chi connectivity index (χ4n) is 8.64. The zero-order chi connectivity index (χ0) is 32.7. The first-order chi connectivity index (χ1) is 22.7. The zero-order valence-corrected chi connectivity index (χ0v) is 28.3. The largest absolute Gasteiger partial charge is 0.397 e. The molecule has 2 aromatic rings. The molecule has 5 fully saturated rings. The van der Waals surface area contributed by atoms with E-state index >= 15 is 0 Å². The number of anilines is 2. The second-order valence-electron chi connectivity index (χ2n) is 14.3. The minimum Gasteiger partial charge on any atom is -0.397 e. The molecule has 10 nitrogen and oxygen atoms in total. The molecule has 0 radical (unpaired) electrons. The van der Waals surface area contributed by atoms with Crippen LogP contribution in [0.5, 0.6) is 0 Å². The minimum absolute atomic E-state index is 0.000536. The Labute approximate surface area is 283 Å². The third kappa shape index (κ3) is 6.82. The number of likely N-dealkylation sites (tertiary alicyclic amines) is 1. The average molecular weight is 662 g/mol. The lowest BCUT2D eigenvalue weighted by Gasteiger charge is -2.51. The van der Waals surface area contributed by atoms with Gasteiger partial charge in [0.2, 0.25) is 11.8 Å². The van der Waals surface area contributed by atoms with Crippen LogP contribution in [0.2, 0.25) is 5.02 Å². The lowest BCUT2D eigenvalue weighted by molar-refractivity contribution is -0.143. The van der Waals surface area contributed by atoms with Crippen molar-refractivity contribution >= 4 is 40.8 Å². The van der Waals surface area contributed by atoms with Crippen LogP contribution in [-0.2, 0) is 22.6 Å². The Balaban J connectivity index is 0.993. The number of benzene rings is 2. The number of piperidine rings is 4. The minimum atomic E-state index is -0.480. The van der Waals surface area contributed by atoms with Crippen molar-refractivity contribution in [1.82, 2.24) is 24.5 Å². The Morgan fingerprint density at radius 2 is 1.68 bits per heavy atom. The van der Waals surface area contributed by atoms with E-state index in [1.807, 2.05) is 58.0 Å². The maximum atomic E-state index is 14.2. The Morgan fingerprint density at radius 3 is 2.36 bits per heavy atom. The molecule has 0 spiro atoms. The van der Waals surface area contributed by atoms with Gasteiger partial charge < -0.3 is 30.7 Å². The number of hydrogen-bond acceptors (Lipinski definition) is 6. The van der Waals surface area contributed by atoms with Crippen LogP contribution in [0.3, 0.4) is 0 Å². The molecule has 252 valence electrons. The van der Waals surface area contributed by atoms with Crippen molar-refractivity contribution in [2.24, 2.45) is 11.8 Å². The van der Waals surface area contributed by atoms with Crippen LogP contribution in [0.4, 0.5) is 16.2 Å². The van der Waals surface area contributed by atoms with Gasteiger partial charge in [0.15, 0.2) is 0 Å². The maximum absolute atomic E-state index is 14.2. The SMILES string of the molecule is Cc1cc(C[C@@H](CC(=O)N2CCC(N3Cc4ccccc4NC3=O)CC2)C(=O)N2CCN(C3CN4CCC3CC4)CC2)cc(Cl)c1N. The summed E-state index contributed by atoms with van der Waals surface area (Å²) in [6.07, 6.45) is 4.60. The normalized spacial score (nSPS) is 25.8. The molecular formula is C36H48ClN7O3. The van der Waals surface area contributed by atoms with Crippen LogP contribution in [0, 0.1) is 18.8 Å². The molecular weight excluding hydrogens is 614 g/mol. The summed E-state index contributed by atoms with van der Waals surface area (Å²) in [5.74, 6) is 0.345. The van der Waals surface area contributed by atoms with Crippen molar-refractivity contribution in [1.29, 1.82) is 0 Å². The third-order valence-electron chi connectivity index (χ3n) is 11.5. The molecule has 6 aliphatic rings. The number of nitrogens with two attached hydrogens (primary N) is 1. The van der Waals surface area contributed by atoms with Crippen molar-refractivity contribution in [2.75, 3.05) is 70.0 Å². The van der Waals surface area contributed by atoms with Crippen molar-refractivity contribution < 1.29 is 14.4 Å². The molecule has 6 aliphatic heterocycles. The number of halogens is 1. The number of nitrogens with one attached hydrogen (secondary N) is 1. The molecule has 47 heavy (non-hydrogen) atoms. The highest BCUT2D eigenvalue weighted by Crippen LogP contribution is 2.33. The van der Waals surface area contributed by atoms with E-state index in [2.05, 4.69) is 15.1 Å². The van der Waals surface area contributed by atoms with Crippen LogP contribution >= 0.6 is 11.6 Å². The van der Waals surface area contributed by atoms with Gasteiger partial charge >= 0.3 is 6.03 Å². The molecule has 3 N–H and O–H groups in total. The fourth-order valence-corrected chi connectivity index (χ4v) is 8.93. The Morgan fingerprint density at radius 1 is 0.957 bits per heavy atom. The summed E-state index contributed by atoms with van der Waals surface area (Å²) >= 11 is 6.45. The average Bonchev–Trinajstić information content (AvgIpc) is 3.10. The second-order valence-corrected chi connectivity index (χ2v) is 14.7. The molecule has 11 heteroatoms. The molecule has 4 amide bonds. The van der Waals surface area contributed by atoms with Gasteiger partial charge in [-0.3, -0.25) is 14.5 Å². The van der Waals surface area contributed by atoms with Gasteiger partial charge in [0.05, 0.1) is 16.6 Å². The van der Waals surface area contributed by atoms with Crippen LogP contribution in [0.15, 0.2) is 36.4 Å². The first-order valence-electron chi connectivity index (χ1n) is 17.5. The number of rotatable bonds is 7. The van der Waals surface area contributed by atoms with Gasteiger partial charge in [-0.1, -0.05) is 35.9 Å². The third-order valence-corrected chi connectivity index (χ3v) is 11.8. The van der Waals surface area contributed by atoms with Crippen LogP contribution in [-0.4, -0.2) is 113 Å². The van der Waals surface area contributed by atoms with E-state index in [-0.39, 0.29) is 30.3 Å². The van der Waals surface area contributed by atoms with E-state index in [1.54, 1.807) is 0 Å². The molecule has 2 atom stereocenters. The Hall–Kier alpha value is -3.34. The lowest BCUT2D eigenvalue weighted by Crippen LogP contribution is -2.61. The van der Waals surface area contributed by atoms with E-state index in [1.165, 1.54) is 25.9 Å². The Kier molecular flexibility index (Phi) is 9.35. The zero-order valence-electron chi connectivity index (χ0n) is 27.5. The van der Waals surface area contributed by atoms with Gasteiger partial charge in [-0.05, 0) is 86.9 Å². The lowest BCUT2D eigenvalue weighted by atomic mass is 9.83. The van der Waals surface area contributed by atoms with Gasteiger partial charge in [-0.25, -0.2) is 4.79 Å². The topological polar surface area (TPSA) is 105 Å². The number of carbonyl (C=O) groups is 3. The van der Waals surface area contributed by atoms with Crippen molar-refractivity contribution in [2.45, 2.75) is 64.1 Å². The molecule has 8 rings (SSSR count). The van der Waals surface area contributed by atoms with Gasteiger partial charge in [-0.15, -0.1) is 0 Å². The molecule has 0 aliphatic carbocycles. The second kappa shape index (κ2) is 13.6. The van der Waals surface area contributed by atoms with Crippen LogP contribution in [0.25, 0.3) is 0 Å². The quantitative estimate of drug-likeness (QED) is 0.434. The predicted molar refractivity (Wildman–Crippen MR) is 184 cm³/mol. The van der Waals surface area contributed by atoms with Gasteiger partial charge in [0, 0.05) is 76.5 Å². The number of nitrogen functional groups attached to an aromatic ring is 1. The molecule has 1 unspecified atom stereocenters. The number of para-hydroxylation sites is 1. The van der Waals surface area contributed by atoms with Gasteiger partial charge in [0.1, 0.15) is 0 Å². The summed E-state index contributed by atoms with van der Waals surface area (Å²) in [4.78, 5) is 51.9. The van der Waals surface area contributed by atoms with Crippen molar-refractivity contribution in [3.05, 3.63) is 58.1 Å². The number of hydrogen-bond donors (Lipinski definition) is 2. The summed E-state index contributed by atoms with van der Waals surface area (Å²) in [6.45, 7) is 10.4. The van der Waals surface area contributed by atoms with Crippen LogP contribution in [0.1, 0.15) is 48.8 Å². The summed E-state index contributed by atoms with van der Waals surface area (Å²) < 4.78 is 0. The van der Waals surface area contributed by atoms with E-state index in [9.17, 15) is 14.4 Å². The van der Waals surface area contributed by atoms with Crippen molar-refractivity contribution in [3.8, 4) is 0 Å². The molecule has 0 aromatic heterocycles. The number of carbonyl (C=O) groups excluding carboxylic acids is 3. The Bertz CT molecular complexity index is 1470. The predicted octanol–water partition coefficient (Wildman–Crippen LogP) is 4.06. The number of aryl methyl sites for hydroxylation is 1. The monoisotopic (exact) mass is 661 g/mol. The highest BCUT2D eigenvalue weighted by atomic mass is 35.5. The number of nitrogens with zero attached hydrogens (tertiary/aromatic N) is 5. The summed E-state index contributed by atoms with van der Waals surface area (Å²) in [5.41, 5.74) is 10.5. The number of amides is 4. The molecule has 2 bridgehead atoms. The summed E-state index contributed by atoms with van der Waals surface area (Å²) in [6, 6.07) is 12.3. The van der Waals surface area contributed by atoms with E-state index < -0.39 is 5.92 Å². The number of urea groups is 1. The van der Waals surface area contributed by atoms with Crippen molar-refractivity contribution in [3.63, 3.8) is 0 Å². The molecule has 0 saturated carbocycles.